The SMILES string of the molecule is CC1(C)CN(S(=O)(=O)c2cc(Br)cnc2Cl)CCO1. The van der Waals surface area contributed by atoms with Crippen molar-refractivity contribution in [2.45, 2.75) is 24.3 Å². The van der Waals surface area contributed by atoms with Crippen molar-refractivity contribution in [1.82, 2.24) is 9.29 Å². The van der Waals surface area contributed by atoms with Gasteiger partial charge in [0, 0.05) is 23.8 Å². The van der Waals surface area contributed by atoms with Gasteiger partial charge in [-0.1, -0.05) is 11.6 Å². The van der Waals surface area contributed by atoms with E-state index < -0.39 is 15.6 Å². The summed E-state index contributed by atoms with van der Waals surface area (Å²) in [6.45, 7) is 4.68. The summed E-state index contributed by atoms with van der Waals surface area (Å²) in [6.07, 6.45) is 1.46. The summed E-state index contributed by atoms with van der Waals surface area (Å²) in [5.41, 5.74) is -0.503. The fourth-order valence-electron chi connectivity index (χ4n) is 1.90. The van der Waals surface area contributed by atoms with Gasteiger partial charge < -0.3 is 4.74 Å². The fourth-order valence-corrected chi connectivity index (χ4v) is 4.40. The fraction of sp³-hybridized carbons (Fsp3) is 0.545. The van der Waals surface area contributed by atoms with Crippen LogP contribution in [0.3, 0.4) is 0 Å². The van der Waals surface area contributed by atoms with Gasteiger partial charge in [-0.25, -0.2) is 13.4 Å². The Morgan fingerprint density at radius 1 is 1.53 bits per heavy atom. The Kier molecular flexibility index (Phi) is 4.23. The second-order valence-corrected chi connectivity index (χ2v) is 8.07. The number of rotatable bonds is 2. The molecule has 0 atom stereocenters. The van der Waals surface area contributed by atoms with Crippen LogP contribution in [0.4, 0.5) is 0 Å². The highest BCUT2D eigenvalue weighted by Crippen LogP contribution is 2.28. The number of sulfonamides is 1. The molecule has 0 unspecified atom stereocenters. The highest BCUT2D eigenvalue weighted by Gasteiger charge is 2.36. The Morgan fingerprint density at radius 3 is 2.84 bits per heavy atom. The number of hydrogen-bond acceptors (Lipinski definition) is 4. The van der Waals surface area contributed by atoms with E-state index in [4.69, 9.17) is 16.3 Å². The van der Waals surface area contributed by atoms with Crippen LogP contribution in [-0.4, -0.2) is 43.0 Å². The molecule has 2 rings (SSSR count). The average Bonchev–Trinajstić information content (AvgIpc) is 2.31. The minimum absolute atomic E-state index is 0.0150. The second kappa shape index (κ2) is 5.29. The van der Waals surface area contributed by atoms with Crippen molar-refractivity contribution in [2.24, 2.45) is 0 Å². The lowest BCUT2D eigenvalue weighted by Crippen LogP contribution is -2.50. The number of halogens is 2. The van der Waals surface area contributed by atoms with E-state index in [2.05, 4.69) is 20.9 Å². The topological polar surface area (TPSA) is 59.5 Å². The Morgan fingerprint density at radius 2 is 2.21 bits per heavy atom. The Hall–Kier alpha value is -0.210. The van der Waals surface area contributed by atoms with Crippen LogP contribution in [-0.2, 0) is 14.8 Å². The largest absolute Gasteiger partial charge is 0.373 e. The van der Waals surface area contributed by atoms with Gasteiger partial charge in [-0.15, -0.1) is 0 Å². The molecule has 1 saturated heterocycles. The lowest BCUT2D eigenvalue weighted by Gasteiger charge is -2.37. The van der Waals surface area contributed by atoms with E-state index in [0.29, 0.717) is 17.6 Å². The average molecular weight is 370 g/mol. The summed E-state index contributed by atoms with van der Waals surface area (Å²) in [4.78, 5) is 3.87. The van der Waals surface area contributed by atoms with E-state index in [1.165, 1.54) is 16.6 Å². The van der Waals surface area contributed by atoms with Crippen LogP contribution >= 0.6 is 27.5 Å². The van der Waals surface area contributed by atoms with E-state index in [1.54, 1.807) is 0 Å². The Bertz CT molecular complexity index is 592. The first-order valence-electron chi connectivity index (χ1n) is 5.67. The molecule has 5 nitrogen and oxygen atoms in total. The van der Waals surface area contributed by atoms with Crippen LogP contribution in [0.25, 0.3) is 0 Å². The number of morpholine rings is 1. The summed E-state index contributed by atoms with van der Waals surface area (Å²) >= 11 is 9.11. The molecule has 2 heterocycles. The molecule has 0 aromatic carbocycles. The first kappa shape index (κ1) is 15.2. The summed E-state index contributed by atoms with van der Waals surface area (Å²) < 4.78 is 32.6. The van der Waals surface area contributed by atoms with Gasteiger partial charge in [-0.3, -0.25) is 0 Å². The molecule has 0 saturated carbocycles. The predicted octanol–water partition coefficient (Wildman–Crippen LogP) is 2.30. The molecule has 1 aliphatic rings. The van der Waals surface area contributed by atoms with Gasteiger partial charge in [0.2, 0.25) is 10.0 Å². The molecular weight excluding hydrogens is 356 g/mol. The van der Waals surface area contributed by atoms with Gasteiger partial charge in [-0.05, 0) is 35.8 Å². The van der Waals surface area contributed by atoms with Crippen molar-refractivity contribution < 1.29 is 13.2 Å². The normalized spacial score (nSPS) is 20.4. The monoisotopic (exact) mass is 368 g/mol. The molecule has 0 radical (unpaired) electrons. The van der Waals surface area contributed by atoms with Crippen molar-refractivity contribution in [3.63, 3.8) is 0 Å². The molecule has 106 valence electrons. The zero-order chi connectivity index (χ0) is 14.3. The van der Waals surface area contributed by atoms with Gasteiger partial charge in [0.25, 0.3) is 0 Å². The van der Waals surface area contributed by atoms with Crippen LogP contribution in [0.2, 0.25) is 5.15 Å². The third-order valence-corrected chi connectivity index (χ3v) is 5.49. The molecule has 0 bridgehead atoms. The number of ether oxygens (including phenoxy) is 1. The van der Waals surface area contributed by atoms with Crippen LogP contribution in [0.1, 0.15) is 13.8 Å². The first-order valence-corrected chi connectivity index (χ1v) is 8.29. The van der Waals surface area contributed by atoms with Gasteiger partial charge >= 0.3 is 0 Å². The maximum absolute atomic E-state index is 12.6. The van der Waals surface area contributed by atoms with E-state index in [0.717, 1.165) is 0 Å². The Balaban J connectivity index is 2.39. The maximum Gasteiger partial charge on any atom is 0.246 e. The zero-order valence-corrected chi connectivity index (χ0v) is 13.7. The highest BCUT2D eigenvalue weighted by molar-refractivity contribution is 9.10. The molecule has 19 heavy (non-hydrogen) atoms. The summed E-state index contributed by atoms with van der Waals surface area (Å²) in [5, 5.41) is -0.0208. The molecule has 1 fully saturated rings. The standard InChI is InChI=1S/C11H14BrClN2O3S/c1-11(2)7-15(3-4-18-11)19(16,17)9-5-8(12)6-14-10(9)13/h5-6H,3-4,7H2,1-2H3. The maximum atomic E-state index is 12.6. The van der Waals surface area contributed by atoms with Crippen molar-refractivity contribution in [3.8, 4) is 0 Å². The van der Waals surface area contributed by atoms with Gasteiger partial charge in [0.05, 0.1) is 12.2 Å². The van der Waals surface area contributed by atoms with E-state index in [9.17, 15) is 8.42 Å². The third-order valence-electron chi connectivity index (χ3n) is 2.78. The quantitative estimate of drug-likeness (QED) is 0.751. The molecule has 1 aromatic heterocycles. The lowest BCUT2D eigenvalue weighted by atomic mass is 10.1. The van der Waals surface area contributed by atoms with Crippen LogP contribution in [0.5, 0.6) is 0 Å². The molecule has 0 aliphatic carbocycles. The number of pyridine rings is 1. The molecule has 0 amide bonds. The van der Waals surface area contributed by atoms with Gasteiger partial charge in [0.15, 0.2) is 0 Å². The van der Waals surface area contributed by atoms with Crippen molar-refractivity contribution in [1.29, 1.82) is 0 Å². The number of aromatic nitrogens is 1. The van der Waals surface area contributed by atoms with Gasteiger partial charge in [-0.2, -0.15) is 4.31 Å². The summed E-state index contributed by atoms with van der Waals surface area (Å²) in [6, 6.07) is 1.47. The molecule has 1 aromatic rings. The summed E-state index contributed by atoms with van der Waals surface area (Å²) in [5.74, 6) is 0. The Labute approximate surface area is 126 Å². The molecule has 0 spiro atoms. The third kappa shape index (κ3) is 3.28. The molecule has 0 N–H and O–H groups in total. The minimum Gasteiger partial charge on any atom is -0.373 e. The molecule has 8 heteroatoms. The van der Waals surface area contributed by atoms with Crippen LogP contribution in [0, 0.1) is 0 Å². The first-order chi connectivity index (χ1) is 8.72. The summed E-state index contributed by atoms with van der Waals surface area (Å²) in [7, 11) is -3.66. The predicted molar refractivity (Wildman–Crippen MR) is 75.7 cm³/mol. The van der Waals surface area contributed by atoms with E-state index in [1.807, 2.05) is 13.8 Å². The van der Waals surface area contributed by atoms with E-state index in [-0.39, 0.29) is 16.6 Å². The van der Waals surface area contributed by atoms with Crippen molar-refractivity contribution >= 4 is 37.6 Å². The van der Waals surface area contributed by atoms with E-state index >= 15 is 0 Å². The van der Waals surface area contributed by atoms with Crippen LogP contribution < -0.4 is 0 Å². The van der Waals surface area contributed by atoms with Crippen LogP contribution in [0.15, 0.2) is 21.6 Å². The van der Waals surface area contributed by atoms with Gasteiger partial charge in [0.1, 0.15) is 10.0 Å². The van der Waals surface area contributed by atoms with Crippen molar-refractivity contribution in [3.05, 3.63) is 21.9 Å². The molecular formula is C11H14BrClN2O3S. The smallest absolute Gasteiger partial charge is 0.246 e. The number of nitrogens with zero attached hydrogens (tertiary/aromatic N) is 2. The molecule has 1 aliphatic heterocycles. The van der Waals surface area contributed by atoms with Crippen molar-refractivity contribution in [2.75, 3.05) is 19.7 Å². The second-order valence-electron chi connectivity index (χ2n) is 4.89. The zero-order valence-electron chi connectivity index (χ0n) is 10.6. The number of hydrogen-bond donors (Lipinski definition) is 0. The minimum atomic E-state index is -3.66. The lowest BCUT2D eigenvalue weighted by molar-refractivity contribution is -0.0640. The highest BCUT2D eigenvalue weighted by atomic mass is 79.9.